The molecule has 29 heavy (non-hydrogen) atoms. The highest BCUT2D eigenvalue weighted by atomic mass is 79.9. The third kappa shape index (κ3) is 3.65. The summed E-state index contributed by atoms with van der Waals surface area (Å²) in [6.45, 7) is 1.88. The lowest BCUT2D eigenvalue weighted by Gasteiger charge is -2.19. The number of hydrogen-bond donors (Lipinski definition) is 1. The zero-order valence-electron chi connectivity index (χ0n) is 16.3. The van der Waals surface area contributed by atoms with Crippen molar-refractivity contribution < 1.29 is 13.9 Å². The monoisotopic (exact) mass is 453 g/mol. The molecule has 4 rings (SSSR count). The number of fused-ring (bicyclic) bond motifs is 1. The van der Waals surface area contributed by atoms with Crippen molar-refractivity contribution in [1.29, 1.82) is 0 Å². The van der Waals surface area contributed by atoms with Crippen molar-refractivity contribution in [3.63, 3.8) is 0 Å². The number of aryl methyl sites for hydroxylation is 2. The number of benzene rings is 2. The van der Waals surface area contributed by atoms with Gasteiger partial charge < -0.3 is 19.0 Å². The average Bonchev–Trinajstić information content (AvgIpc) is 3.29. The smallest absolute Gasteiger partial charge is 0.288 e. The molecule has 4 aromatic rings. The predicted molar refractivity (Wildman–Crippen MR) is 114 cm³/mol. The number of aromatic nitrogens is 2. The molecule has 0 fully saturated rings. The van der Waals surface area contributed by atoms with Crippen molar-refractivity contribution in [2.45, 2.75) is 13.0 Å². The van der Waals surface area contributed by atoms with Gasteiger partial charge in [-0.25, -0.2) is 4.98 Å². The molecule has 1 N–H and O–H groups in total. The van der Waals surface area contributed by atoms with E-state index in [1.54, 1.807) is 13.3 Å². The van der Waals surface area contributed by atoms with Crippen molar-refractivity contribution in [3.05, 3.63) is 82.0 Å². The van der Waals surface area contributed by atoms with Crippen LogP contribution in [0.15, 0.2) is 63.7 Å². The number of ether oxygens (including phenoxy) is 1. The van der Waals surface area contributed by atoms with Gasteiger partial charge in [-0.15, -0.1) is 0 Å². The van der Waals surface area contributed by atoms with E-state index in [0.29, 0.717) is 22.9 Å². The minimum absolute atomic E-state index is 0.292. The Morgan fingerprint density at radius 1 is 1.28 bits per heavy atom. The highest BCUT2D eigenvalue weighted by Gasteiger charge is 2.25. The number of imidazole rings is 1. The first-order chi connectivity index (χ1) is 14.0. The Kier molecular flexibility index (Phi) is 5.15. The van der Waals surface area contributed by atoms with Gasteiger partial charge in [-0.3, -0.25) is 4.79 Å². The van der Waals surface area contributed by atoms with Crippen LogP contribution in [0.4, 0.5) is 0 Å². The highest BCUT2D eigenvalue weighted by molar-refractivity contribution is 9.10. The first kappa shape index (κ1) is 19.3. The van der Waals surface area contributed by atoms with E-state index in [1.165, 1.54) is 0 Å². The van der Waals surface area contributed by atoms with Gasteiger partial charge >= 0.3 is 0 Å². The van der Waals surface area contributed by atoms with Crippen molar-refractivity contribution in [1.82, 2.24) is 14.9 Å². The molecular weight excluding hydrogens is 434 g/mol. The third-order valence-electron chi connectivity index (χ3n) is 4.92. The van der Waals surface area contributed by atoms with Gasteiger partial charge in [-0.05, 0) is 42.8 Å². The van der Waals surface area contributed by atoms with E-state index >= 15 is 0 Å². The number of furan rings is 1. The Balaban J connectivity index is 1.74. The summed E-state index contributed by atoms with van der Waals surface area (Å²) >= 11 is 3.47. The molecule has 1 amide bonds. The Morgan fingerprint density at radius 2 is 2.10 bits per heavy atom. The maximum atomic E-state index is 13.2. The molecule has 0 saturated heterocycles. The number of rotatable bonds is 5. The van der Waals surface area contributed by atoms with Crippen LogP contribution in [0, 0.1) is 6.92 Å². The summed E-state index contributed by atoms with van der Waals surface area (Å²) in [5.74, 6) is 1.41. The molecule has 0 spiro atoms. The molecule has 0 aliphatic heterocycles. The van der Waals surface area contributed by atoms with Gasteiger partial charge in [0.1, 0.15) is 23.2 Å². The summed E-state index contributed by atoms with van der Waals surface area (Å²) in [7, 11) is 3.51. The number of hydrogen-bond acceptors (Lipinski definition) is 4. The summed E-state index contributed by atoms with van der Waals surface area (Å²) in [6.07, 6.45) is 3.55. The van der Waals surface area contributed by atoms with Crippen molar-refractivity contribution in [2.24, 2.45) is 7.05 Å². The van der Waals surface area contributed by atoms with Crippen LogP contribution in [0.3, 0.4) is 0 Å². The Morgan fingerprint density at radius 3 is 2.83 bits per heavy atom. The van der Waals surface area contributed by atoms with E-state index in [1.807, 2.05) is 67.2 Å². The van der Waals surface area contributed by atoms with E-state index in [4.69, 9.17) is 9.15 Å². The van der Waals surface area contributed by atoms with Gasteiger partial charge in [0.05, 0.1) is 7.11 Å². The molecule has 6 nitrogen and oxygen atoms in total. The standard InChI is InChI=1S/C22H20BrN3O3/c1-13-17-12-15(23)7-8-18(17)29-20(13)22(27)25-19(21-24-9-10-26(21)2)14-5-4-6-16(11-14)28-3/h4-12,19H,1-3H3,(H,25,27). The minimum Gasteiger partial charge on any atom is -0.497 e. The second kappa shape index (κ2) is 7.75. The van der Waals surface area contributed by atoms with Crippen molar-refractivity contribution in [3.8, 4) is 5.75 Å². The summed E-state index contributed by atoms with van der Waals surface area (Å²) in [4.78, 5) is 17.6. The zero-order chi connectivity index (χ0) is 20.5. The predicted octanol–water partition coefficient (Wildman–Crippen LogP) is 4.77. The van der Waals surface area contributed by atoms with Crippen LogP contribution in [0.5, 0.6) is 5.75 Å². The molecule has 0 aliphatic rings. The number of methoxy groups -OCH3 is 1. The van der Waals surface area contributed by atoms with Gasteiger partial charge in [0.25, 0.3) is 5.91 Å². The van der Waals surface area contributed by atoms with Gasteiger partial charge in [0.2, 0.25) is 0 Å². The largest absolute Gasteiger partial charge is 0.497 e. The van der Waals surface area contributed by atoms with Crippen LogP contribution in [0.1, 0.15) is 33.5 Å². The minimum atomic E-state index is -0.461. The molecule has 0 radical (unpaired) electrons. The second-order valence-corrected chi connectivity index (χ2v) is 7.69. The van der Waals surface area contributed by atoms with Crippen LogP contribution in [0.2, 0.25) is 0 Å². The number of carbonyl (C=O) groups is 1. The zero-order valence-corrected chi connectivity index (χ0v) is 17.9. The highest BCUT2D eigenvalue weighted by Crippen LogP contribution is 2.29. The quantitative estimate of drug-likeness (QED) is 0.472. The van der Waals surface area contributed by atoms with Gasteiger partial charge in [-0.1, -0.05) is 28.1 Å². The maximum absolute atomic E-state index is 13.2. The summed E-state index contributed by atoms with van der Waals surface area (Å²) in [5.41, 5.74) is 2.33. The van der Waals surface area contributed by atoms with E-state index in [2.05, 4.69) is 26.2 Å². The summed E-state index contributed by atoms with van der Waals surface area (Å²) in [5, 5.41) is 3.98. The van der Waals surface area contributed by atoms with E-state index in [9.17, 15) is 4.79 Å². The maximum Gasteiger partial charge on any atom is 0.288 e. The number of nitrogens with one attached hydrogen (secondary N) is 1. The van der Waals surface area contributed by atoms with Gasteiger partial charge in [0.15, 0.2) is 5.76 Å². The molecule has 2 aromatic heterocycles. The summed E-state index contributed by atoms with van der Waals surface area (Å²) in [6, 6.07) is 12.8. The SMILES string of the molecule is COc1cccc(C(NC(=O)c2oc3ccc(Br)cc3c2C)c2nccn2C)c1. The molecule has 1 unspecified atom stereocenters. The molecule has 7 heteroatoms. The van der Waals surface area contributed by atoms with Gasteiger partial charge in [-0.2, -0.15) is 0 Å². The van der Waals surface area contributed by atoms with Crippen molar-refractivity contribution >= 4 is 32.8 Å². The molecule has 2 aromatic carbocycles. The van der Waals surface area contributed by atoms with Crippen LogP contribution in [-0.4, -0.2) is 22.6 Å². The van der Waals surface area contributed by atoms with Crippen LogP contribution < -0.4 is 10.1 Å². The Bertz CT molecular complexity index is 1200. The van der Waals surface area contributed by atoms with E-state index < -0.39 is 6.04 Å². The lowest BCUT2D eigenvalue weighted by molar-refractivity contribution is 0.0914. The first-order valence-electron chi connectivity index (χ1n) is 9.08. The topological polar surface area (TPSA) is 69.3 Å². The Hall–Kier alpha value is -3.06. The number of halogens is 1. The molecule has 0 aliphatic carbocycles. The first-order valence-corrected chi connectivity index (χ1v) is 9.88. The number of amides is 1. The fourth-order valence-electron chi connectivity index (χ4n) is 3.38. The molecule has 2 heterocycles. The number of carbonyl (C=O) groups excluding carboxylic acids is 1. The lowest BCUT2D eigenvalue weighted by Crippen LogP contribution is -2.31. The fourth-order valence-corrected chi connectivity index (χ4v) is 3.74. The molecule has 148 valence electrons. The fraction of sp³-hybridized carbons (Fsp3) is 0.182. The van der Waals surface area contributed by atoms with Crippen LogP contribution in [0.25, 0.3) is 11.0 Å². The normalized spacial score (nSPS) is 12.1. The second-order valence-electron chi connectivity index (χ2n) is 6.78. The van der Waals surface area contributed by atoms with E-state index in [-0.39, 0.29) is 5.91 Å². The third-order valence-corrected chi connectivity index (χ3v) is 5.42. The Labute approximate surface area is 176 Å². The lowest BCUT2D eigenvalue weighted by atomic mass is 10.0. The van der Waals surface area contributed by atoms with Crippen molar-refractivity contribution in [2.75, 3.05) is 7.11 Å². The number of nitrogens with zero attached hydrogens (tertiary/aromatic N) is 2. The van der Waals surface area contributed by atoms with Crippen LogP contribution in [-0.2, 0) is 7.05 Å². The molecule has 0 bridgehead atoms. The van der Waals surface area contributed by atoms with E-state index in [0.717, 1.165) is 21.0 Å². The summed E-state index contributed by atoms with van der Waals surface area (Å²) < 4.78 is 14.0. The average molecular weight is 454 g/mol. The van der Waals surface area contributed by atoms with Gasteiger partial charge in [0, 0.05) is 34.9 Å². The molecular formula is C22H20BrN3O3. The molecule has 1 atom stereocenters. The van der Waals surface area contributed by atoms with Crippen LogP contribution >= 0.6 is 15.9 Å². The molecule has 0 saturated carbocycles.